The van der Waals surface area contributed by atoms with Crippen LogP contribution in [0.5, 0.6) is 0 Å². The highest BCUT2D eigenvalue weighted by Gasteiger charge is 2.25. The number of rotatable bonds is 6. The van der Waals surface area contributed by atoms with Gasteiger partial charge in [0, 0.05) is 19.6 Å². The molecule has 0 saturated heterocycles. The fourth-order valence-corrected chi connectivity index (χ4v) is 1.98. The SMILES string of the molecule is NC(=O)NCCNCc1ccccc1C1CC1. The second-order valence-electron chi connectivity index (χ2n) is 4.44. The summed E-state index contributed by atoms with van der Waals surface area (Å²) in [6, 6.07) is 8.10. The second kappa shape index (κ2) is 5.68. The number of hydrogen-bond acceptors (Lipinski definition) is 2. The number of benzene rings is 1. The molecular formula is C13H19N3O. The van der Waals surface area contributed by atoms with Gasteiger partial charge in [0.05, 0.1) is 0 Å². The first kappa shape index (κ1) is 11.9. The van der Waals surface area contributed by atoms with E-state index < -0.39 is 6.03 Å². The molecule has 0 aromatic heterocycles. The summed E-state index contributed by atoms with van der Waals surface area (Å²) >= 11 is 0. The van der Waals surface area contributed by atoms with Gasteiger partial charge in [-0.1, -0.05) is 24.3 Å². The lowest BCUT2D eigenvalue weighted by atomic mass is 10.0. The van der Waals surface area contributed by atoms with Crippen LogP contribution in [0.3, 0.4) is 0 Å². The van der Waals surface area contributed by atoms with Crippen LogP contribution >= 0.6 is 0 Å². The zero-order valence-corrected chi connectivity index (χ0v) is 9.91. The highest BCUT2D eigenvalue weighted by atomic mass is 16.2. The van der Waals surface area contributed by atoms with E-state index in [0.717, 1.165) is 19.0 Å². The molecule has 4 N–H and O–H groups in total. The smallest absolute Gasteiger partial charge is 0.312 e. The third-order valence-electron chi connectivity index (χ3n) is 2.99. The van der Waals surface area contributed by atoms with Crippen LogP contribution in [-0.2, 0) is 6.54 Å². The lowest BCUT2D eigenvalue weighted by Crippen LogP contribution is -2.35. The minimum Gasteiger partial charge on any atom is -0.352 e. The first-order chi connectivity index (χ1) is 8.27. The summed E-state index contributed by atoms with van der Waals surface area (Å²) in [5.74, 6) is 0.775. The molecule has 0 radical (unpaired) electrons. The molecule has 0 unspecified atom stereocenters. The number of primary amides is 1. The topological polar surface area (TPSA) is 67.2 Å². The molecular weight excluding hydrogens is 214 g/mol. The van der Waals surface area contributed by atoms with Crippen molar-refractivity contribution in [2.75, 3.05) is 13.1 Å². The number of nitrogens with two attached hydrogens (primary N) is 1. The lowest BCUT2D eigenvalue weighted by Gasteiger charge is -2.09. The maximum absolute atomic E-state index is 10.5. The van der Waals surface area contributed by atoms with Crippen molar-refractivity contribution >= 4 is 6.03 Å². The number of carbonyl (C=O) groups excluding carboxylic acids is 1. The Kier molecular flexibility index (Phi) is 3.98. The van der Waals surface area contributed by atoms with Gasteiger partial charge >= 0.3 is 6.03 Å². The van der Waals surface area contributed by atoms with Gasteiger partial charge in [-0.3, -0.25) is 0 Å². The normalized spacial score (nSPS) is 14.6. The number of amides is 2. The predicted octanol–water partition coefficient (Wildman–Crippen LogP) is 1.32. The fraction of sp³-hybridized carbons (Fsp3) is 0.462. The van der Waals surface area contributed by atoms with E-state index in [1.54, 1.807) is 0 Å². The molecule has 92 valence electrons. The molecule has 1 aliphatic rings. The Balaban J connectivity index is 1.76. The molecule has 0 aliphatic heterocycles. The minimum atomic E-state index is -0.467. The summed E-state index contributed by atoms with van der Waals surface area (Å²) in [6.07, 6.45) is 2.64. The van der Waals surface area contributed by atoms with Crippen molar-refractivity contribution in [1.82, 2.24) is 10.6 Å². The van der Waals surface area contributed by atoms with E-state index in [1.807, 2.05) is 0 Å². The van der Waals surface area contributed by atoms with E-state index in [9.17, 15) is 4.79 Å². The van der Waals surface area contributed by atoms with Gasteiger partial charge in [-0.25, -0.2) is 4.79 Å². The summed E-state index contributed by atoms with van der Waals surface area (Å²) in [7, 11) is 0. The number of hydrogen-bond donors (Lipinski definition) is 3. The minimum absolute atomic E-state index is 0.467. The van der Waals surface area contributed by atoms with Gasteiger partial charge in [0.25, 0.3) is 0 Å². The lowest BCUT2D eigenvalue weighted by molar-refractivity contribution is 0.249. The third-order valence-corrected chi connectivity index (χ3v) is 2.99. The molecule has 17 heavy (non-hydrogen) atoms. The van der Waals surface area contributed by atoms with Crippen molar-refractivity contribution in [1.29, 1.82) is 0 Å². The Hall–Kier alpha value is -1.55. The van der Waals surface area contributed by atoms with Gasteiger partial charge in [0.15, 0.2) is 0 Å². The average molecular weight is 233 g/mol. The Morgan fingerprint density at radius 1 is 1.29 bits per heavy atom. The zero-order chi connectivity index (χ0) is 12.1. The van der Waals surface area contributed by atoms with E-state index in [1.165, 1.54) is 24.0 Å². The van der Waals surface area contributed by atoms with Gasteiger partial charge in [0.1, 0.15) is 0 Å². The Morgan fingerprint density at radius 3 is 2.76 bits per heavy atom. The molecule has 0 bridgehead atoms. The number of carbonyl (C=O) groups is 1. The van der Waals surface area contributed by atoms with Crippen LogP contribution in [0.25, 0.3) is 0 Å². The van der Waals surface area contributed by atoms with Crippen molar-refractivity contribution in [3.8, 4) is 0 Å². The van der Waals surface area contributed by atoms with Crippen LogP contribution in [0.1, 0.15) is 29.9 Å². The van der Waals surface area contributed by atoms with Gasteiger partial charge in [-0.15, -0.1) is 0 Å². The zero-order valence-electron chi connectivity index (χ0n) is 9.91. The largest absolute Gasteiger partial charge is 0.352 e. The van der Waals surface area contributed by atoms with E-state index >= 15 is 0 Å². The van der Waals surface area contributed by atoms with Gasteiger partial charge < -0.3 is 16.4 Å². The average Bonchev–Trinajstić information content (AvgIpc) is 3.13. The van der Waals surface area contributed by atoms with Crippen LogP contribution in [0.2, 0.25) is 0 Å². The molecule has 4 heteroatoms. The van der Waals surface area contributed by atoms with Crippen LogP contribution in [0.4, 0.5) is 4.79 Å². The molecule has 0 spiro atoms. The number of nitrogens with one attached hydrogen (secondary N) is 2. The molecule has 1 aromatic carbocycles. The van der Waals surface area contributed by atoms with Crippen molar-refractivity contribution in [3.63, 3.8) is 0 Å². The highest BCUT2D eigenvalue weighted by molar-refractivity contribution is 5.71. The fourth-order valence-electron chi connectivity index (χ4n) is 1.98. The van der Waals surface area contributed by atoms with Crippen molar-refractivity contribution in [3.05, 3.63) is 35.4 Å². The van der Waals surface area contributed by atoms with Gasteiger partial charge in [-0.05, 0) is 29.9 Å². The van der Waals surface area contributed by atoms with E-state index in [4.69, 9.17) is 5.73 Å². The first-order valence-corrected chi connectivity index (χ1v) is 6.09. The molecule has 1 saturated carbocycles. The van der Waals surface area contributed by atoms with Crippen LogP contribution in [0, 0.1) is 0 Å². The summed E-state index contributed by atoms with van der Waals surface area (Å²) < 4.78 is 0. The predicted molar refractivity (Wildman–Crippen MR) is 67.7 cm³/mol. The molecule has 1 fully saturated rings. The summed E-state index contributed by atoms with van der Waals surface area (Å²) in [5, 5.41) is 5.87. The van der Waals surface area contributed by atoms with Gasteiger partial charge in [-0.2, -0.15) is 0 Å². The van der Waals surface area contributed by atoms with Gasteiger partial charge in [0.2, 0.25) is 0 Å². The van der Waals surface area contributed by atoms with Crippen molar-refractivity contribution < 1.29 is 4.79 Å². The van der Waals surface area contributed by atoms with E-state index in [0.29, 0.717) is 6.54 Å². The van der Waals surface area contributed by atoms with E-state index in [2.05, 4.69) is 34.9 Å². The maximum Gasteiger partial charge on any atom is 0.312 e. The van der Waals surface area contributed by atoms with Crippen molar-refractivity contribution in [2.45, 2.75) is 25.3 Å². The quantitative estimate of drug-likeness (QED) is 0.649. The Morgan fingerprint density at radius 2 is 2.06 bits per heavy atom. The number of urea groups is 1. The Labute approximate surface area is 102 Å². The molecule has 1 aliphatic carbocycles. The molecule has 0 heterocycles. The molecule has 2 rings (SSSR count). The van der Waals surface area contributed by atoms with Crippen molar-refractivity contribution in [2.24, 2.45) is 5.73 Å². The highest BCUT2D eigenvalue weighted by Crippen LogP contribution is 2.41. The second-order valence-corrected chi connectivity index (χ2v) is 4.44. The van der Waals surface area contributed by atoms with E-state index in [-0.39, 0.29) is 0 Å². The molecule has 1 aromatic rings. The summed E-state index contributed by atoms with van der Waals surface area (Å²) in [4.78, 5) is 10.5. The molecule has 4 nitrogen and oxygen atoms in total. The third kappa shape index (κ3) is 3.75. The van der Waals surface area contributed by atoms with Crippen LogP contribution in [-0.4, -0.2) is 19.1 Å². The first-order valence-electron chi connectivity index (χ1n) is 6.09. The molecule has 0 atom stereocenters. The van der Waals surface area contributed by atoms with Crippen LogP contribution in [0.15, 0.2) is 24.3 Å². The monoisotopic (exact) mass is 233 g/mol. The Bertz CT molecular complexity index is 388. The maximum atomic E-state index is 10.5. The van der Waals surface area contributed by atoms with Crippen LogP contribution < -0.4 is 16.4 Å². The summed E-state index contributed by atoms with van der Waals surface area (Å²) in [6.45, 7) is 2.16. The standard InChI is InChI=1S/C13H19N3O/c14-13(17)16-8-7-15-9-11-3-1-2-4-12(11)10-5-6-10/h1-4,10,15H,5-9H2,(H3,14,16,17). The summed E-state index contributed by atoms with van der Waals surface area (Å²) in [5.41, 5.74) is 7.82. The molecule has 2 amide bonds.